The molecule has 0 aliphatic carbocycles. The van der Waals surface area contributed by atoms with E-state index in [1.54, 1.807) is 22.8 Å². The second-order valence-corrected chi connectivity index (χ2v) is 7.90. The summed E-state index contributed by atoms with van der Waals surface area (Å²) in [6.45, 7) is 4.72. The van der Waals surface area contributed by atoms with Crippen molar-refractivity contribution in [1.82, 2.24) is 14.9 Å². The lowest BCUT2D eigenvalue weighted by Gasteiger charge is -2.13. The minimum Gasteiger partial charge on any atom is -0.355 e. The zero-order chi connectivity index (χ0) is 20.1. The second kappa shape index (κ2) is 9.26. The van der Waals surface area contributed by atoms with Gasteiger partial charge in [0.25, 0.3) is 5.56 Å². The first-order chi connectivity index (χ1) is 13.5. The predicted octanol–water partition coefficient (Wildman–Crippen LogP) is 4.36. The van der Waals surface area contributed by atoms with Crippen LogP contribution in [0.25, 0.3) is 16.6 Å². The molecule has 1 heterocycles. The number of carbonyl (C=O) groups is 1. The lowest BCUT2D eigenvalue weighted by molar-refractivity contribution is -0.118. The third kappa shape index (κ3) is 4.75. The fraction of sp³-hybridized carbons (Fsp3) is 0.286. The van der Waals surface area contributed by atoms with E-state index in [9.17, 15) is 9.59 Å². The fourth-order valence-electron chi connectivity index (χ4n) is 2.74. The van der Waals surface area contributed by atoms with Crippen molar-refractivity contribution in [3.05, 3.63) is 63.4 Å². The number of nitrogens with zero attached hydrogens (tertiary/aromatic N) is 2. The first-order valence-corrected chi connectivity index (χ1v) is 10.5. The van der Waals surface area contributed by atoms with Gasteiger partial charge in [-0.1, -0.05) is 54.4 Å². The molecule has 1 N–H and O–H groups in total. The maximum Gasteiger partial charge on any atom is 0.266 e. The maximum atomic E-state index is 13.2. The SMILES string of the molecule is CCCCNC(=O)CSc1nc2cc(Cl)ccc2c(=O)n1-c1ccc(C)cc1. The third-order valence-electron chi connectivity index (χ3n) is 4.28. The number of amides is 1. The van der Waals surface area contributed by atoms with Gasteiger partial charge in [-0.3, -0.25) is 14.2 Å². The summed E-state index contributed by atoms with van der Waals surface area (Å²) in [6, 6.07) is 12.7. The zero-order valence-corrected chi connectivity index (χ0v) is 17.4. The molecule has 0 saturated heterocycles. The van der Waals surface area contributed by atoms with Gasteiger partial charge < -0.3 is 5.32 Å². The van der Waals surface area contributed by atoms with Crippen LogP contribution >= 0.6 is 23.4 Å². The second-order valence-electron chi connectivity index (χ2n) is 6.52. The normalized spacial score (nSPS) is 11.0. The quantitative estimate of drug-likeness (QED) is 0.354. The number of thioether (sulfide) groups is 1. The largest absolute Gasteiger partial charge is 0.355 e. The average molecular weight is 416 g/mol. The van der Waals surface area contributed by atoms with Crippen LogP contribution in [-0.4, -0.2) is 27.8 Å². The molecule has 7 heteroatoms. The first kappa shape index (κ1) is 20.4. The Morgan fingerprint density at radius 3 is 2.68 bits per heavy atom. The molecule has 0 radical (unpaired) electrons. The minimum absolute atomic E-state index is 0.0747. The van der Waals surface area contributed by atoms with Crippen molar-refractivity contribution in [3.8, 4) is 5.69 Å². The molecule has 146 valence electrons. The van der Waals surface area contributed by atoms with Crippen molar-refractivity contribution >= 4 is 40.2 Å². The molecule has 28 heavy (non-hydrogen) atoms. The van der Waals surface area contributed by atoms with Crippen molar-refractivity contribution in [2.45, 2.75) is 31.8 Å². The highest BCUT2D eigenvalue weighted by Crippen LogP contribution is 2.23. The van der Waals surface area contributed by atoms with Gasteiger partial charge >= 0.3 is 0 Å². The third-order valence-corrected chi connectivity index (χ3v) is 5.45. The molecule has 0 unspecified atom stereocenters. The Balaban J connectivity index is 2.00. The van der Waals surface area contributed by atoms with Crippen LogP contribution in [0.3, 0.4) is 0 Å². The van der Waals surface area contributed by atoms with Crippen LogP contribution in [0.4, 0.5) is 0 Å². The number of benzene rings is 2. The molecule has 0 saturated carbocycles. The van der Waals surface area contributed by atoms with Crippen molar-refractivity contribution in [1.29, 1.82) is 0 Å². The molecular formula is C21H22ClN3O2S. The standard InChI is InChI=1S/C21H22ClN3O2S/c1-3-4-11-23-19(26)13-28-21-24-18-12-15(22)7-10-17(18)20(27)25(21)16-8-5-14(2)6-9-16/h5-10,12H,3-4,11,13H2,1-2H3,(H,23,26). The van der Waals surface area contributed by atoms with Gasteiger partial charge in [-0.05, 0) is 43.7 Å². The van der Waals surface area contributed by atoms with E-state index in [1.165, 1.54) is 11.8 Å². The summed E-state index contributed by atoms with van der Waals surface area (Å²) in [5.41, 5.74) is 2.16. The van der Waals surface area contributed by atoms with Gasteiger partial charge in [0.15, 0.2) is 5.16 Å². The van der Waals surface area contributed by atoms with E-state index in [0.29, 0.717) is 33.3 Å². The molecule has 0 spiro atoms. The number of unbranched alkanes of at least 4 members (excludes halogenated alkanes) is 1. The van der Waals surface area contributed by atoms with E-state index in [1.807, 2.05) is 31.2 Å². The molecule has 0 bridgehead atoms. The summed E-state index contributed by atoms with van der Waals surface area (Å²) >= 11 is 7.32. The van der Waals surface area contributed by atoms with Gasteiger partial charge in [-0.25, -0.2) is 4.98 Å². The van der Waals surface area contributed by atoms with Crippen LogP contribution in [0.2, 0.25) is 5.02 Å². The molecule has 1 amide bonds. The van der Waals surface area contributed by atoms with E-state index in [0.717, 1.165) is 18.4 Å². The number of carbonyl (C=O) groups excluding carboxylic acids is 1. The van der Waals surface area contributed by atoms with E-state index in [2.05, 4.69) is 17.2 Å². The van der Waals surface area contributed by atoms with Gasteiger partial charge in [0, 0.05) is 11.6 Å². The Kier molecular flexibility index (Phi) is 6.75. The van der Waals surface area contributed by atoms with Crippen LogP contribution in [0, 0.1) is 6.92 Å². The highest BCUT2D eigenvalue weighted by Gasteiger charge is 2.15. The van der Waals surface area contributed by atoms with Crippen molar-refractivity contribution in [3.63, 3.8) is 0 Å². The number of nitrogens with one attached hydrogen (secondary N) is 1. The molecule has 3 rings (SSSR count). The molecule has 0 aliphatic heterocycles. The summed E-state index contributed by atoms with van der Waals surface area (Å²) in [4.78, 5) is 29.9. The van der Waals surface area contributed by atoms with Crippen LogP contribution in [0.15, 0.2) is 52.4 Å². The van der Waals surface area contributed by atoms with Crippen LogP contribution in [0.1, 0.15) is 25.3 Å². The number of fused-ring (bicyclic) bond motifs is 1. The van der Waals surface area contributed by atoms with E-state index >= 15 is 0 Å². The minimum atomic E-state index is -0.181. The summed E-state index contributed by atoms with van der Waals surface area (Å²) in [5.74, 6) is 0.114. The van der Waals surface area contributed by atoms with Crippen LogP contribution in [0.5, 0.6) is 0 Å². The number of rotatable bonds is 7. The molecular weight excluding hydrogens is 394 g/mol. The molecule has 5 nitrogen and oxygen atoms in total. The predicted molar refractivity (Wildman–Crippen MR) is 116 cm³/mol. The Morgan fingerprint density at radius 2 is 1.96 bits per heavy atom. The molecule has 0 atom stereocenters. The summed E-state index contributed by atoms with van der Waals surface area (Å²) in [6.07, 6.45) is 1.96. The van der Waals surface area contributed by atoms with Crippen molar-refractivity contribution in [2.75, 3.05) is 12.3 Å². The number of hydrogen-bond acceptors (Lipinski definition) is 4. The number of aromatic nitrogens is 2. The smallest absolute Gasteiger partial charge is 0.266 e. The monoisotopic (exact) mass is 415 g/mol. The Bertz CT molecular complexity index is 1050. The first-order valence-electron chi connectivity index (χ1n) is 9.18. The Labute approximate surface area is 173 Å². The van der Waals surface area contributed by atoms with Gasteiger partial charge in [0.2, 0.25) is 5.91 Å². The summed E-state index contributed by atoms with van der Waals surface area (Å²) in [7, 11) is 0. The molecule has 1 aromatic heterocycles. The lowest BCUT2D eigenvalue weighted by atomic mass is 10.2. The molecule has 3 aromatic rings. The molecule has 2 aromatic carbocycles. The van der Waals surface area contributed by atoms with Crippen molar-refractivity contribution < 1.29 is 4.79 Å². The topological polar surface area (TPSA) is 64.0 Å². The summed E-state index contributed by atoms with van der Waals surface area (Å²) < 4.78 is 1.56. The van der Waals surface area contributed by atoms with Crippen molar-refractivity contribution in [2.24, 2.45) is 0 Å². The van der Waals surface area contributed by atoms with Gasteiger partial charge in [-0.2, -0.15) is 0 Å². The van der Waals surface area contributed by atoms with Gasteiger partial charge in [-0.15, -0.1) is 0 Å². The zero-order valence-electron chi connectivity index (χ0n) is 15.9. The average Bonchev–Trinajstić information content (AvgIpc) is 2.67. The van der Waals surface area contributed by atoms with E-state index in [-0.39, 0.29) is 17.2 Å². The van der Waals surface area contributed by atoms with Gasteiger partial charge in [0.05, 0.1) is 22.3 Å². The fourth-order valence-corrected chi connectivity index (χ4v) is 3.75. The van der Waals surface area contributed by atoms with Gasteiger partial charge in [0.1, 0.15) is 0 Å². The number of hydrogen-bond donors (Lipinski definition) is 1. The Morgan fingerprint density at radius 1 is 1.21 bits per heavy atom. The summed E-state index contributed by atoms with van der Waals surface area (Å²) in [5, 5.41) is 4.35. The van der Waals surface area contributed by atoms with Crippen LogP contribution < -0.4 is 10.9 Å². The van der Waals surface area contributed by atoms with Crippen LogP contribution in [-0.2, 0) is 4.79 Å². The number of halogens is 1. The maximum absolute atomic E-state index is 13.2. The van der Waals surface area contributed by atoms with E-state index in [4.69, 9.17) is 11.6 Å². The Hall–Kier alpha value is -2.31. The van der Waals surface area contributed by atoms with E-state index < -0.39 is 0 Å². The molecule has 0 fully saturated rings. The number of aryl methyl sites for hydroxylation is 1. The lowest BCUT2D eigenvalue weighted by Crippen LogP contribution is -2.27. The molecule has 0 aliphatic rings. The highest BCUT2D eigenvalue weighted by molar-refractivity contribution is 7.99. The highest BCUT2D eigenvalue weighted by atomic mass is 35.5.